The number of hydrogen-bond acceptors (Lipinski definition) is 5. The zero-order valence-electron chi connectivity index (χ0n) is 13.9. The van der Waals surface area contributed by atoms with E-state index >= 15 is 0 Å². The molecule has 0 spiro atoms. The van der Waals surface area contributed by atoms with E-state index in [0.29, 0.717) is 18.0 Å². The molecule has 6 heteroatoms. The van der Waals surface area contributed by atoms with Crippen LogP contribution in [0.25, 0.3) is 0 Å². The van der Waals surface area contributed by atoms with Gasteiger partial charge >= 0.3 is 0 Å². The Bertz CT molecular complexity index is 911. The van der Waals surface area contributed by atoms with Gasteiger partial charge in [0.25, 0.3) is 5.69 Å². The lowest BCUT2D eigenvalue weighted by molar-refractivity contribution is -0.384. The van der Waals surface area contributed by atoms with Gasteiger partial charge < -0.3 is 4.74 Å². The molecular weight excluding hydrogens is 330 g/mol. The first kappa shape index (κ1) is 17.2. The van der Waals surface area contributed by atoms with Gasteiger partial charge in [0.1, 0.15) is 18.0 Å². The quantitative estimate of drug-likeness (QED) is 0.384. The number of nitrogens with one attached hydrogen (secondary N) is 1. The number of benzene rings is 3. The minimum atomic E-state index is -0.450. The average Bonchev–Trinajstić information content (AvgIpc) is 2.68. The second kappa shape index (κ2) is 8.43. The molecule has 0 saturated heterocycles. The van der Waals surface area contributed by atoms with Crippen LogP contribution >= 0.6 is 0 Å². The first-order valence-electron chi connectivity index (χ1n) is 8.02. The van der Waals surface area contributed by atoms with Crippen LogP contribution in [0.3, 0.4) is 0 Å². The molecule has 1 N–H and O–H groups in total. The van der Waals surface area contributed by atoms with Crippen molar-refractivity contribution in [3.8, 4) is 5.75 Å². The third kappa shape index (κ3) is 4.45. The van der Waals surface area contributed by atoms with Gasteiger partial charge in [-0.15, -0.1) is 0 Å². The van der Waals surface area contributed by atoms with Crippen molar-refractivity contribution in [2.24, 2.45) is 5.10 Å². The van der Waals surface area contributed by atoms with E-state index < -0.39 is 4.92 Å². The summed E-state index contributed by atoms with van der Waals surface area (Å²) in [6, 6.07) is 23.7. The zero-order valence-corrected chi connectivity index (χ0v) is 13.9. The lowest BCUT2D eigenvalue weighted by Crippen LogP contribution is -1.99. The van der Waals surface area contributed by atoms with E-state index in [2.05, 4.69) is 10.5 Å². The second-order valence-corrected chi connectivity index (χ2v) is 5.46. The molecular formula is C20H17N3O3. The summed E-state index contributed by atoms with van der Waals surface area (Å²) in [7, 11) is 0. The Balaban J connectivity index is 1.70. The van der Waals surface area contributed by atoms with Crippen LogP contribution in [0, 0.1) is 10.1 Å². The van der Waals surface area contributed by atoms with Crippen LogP contribution in [-0.2, 0) is 6.61 Å². The fraction of sp³-hybridized carbons (Fsp3) is 0.0500. The van der Waals surface area contributed by atoms with E-state index in [-0.39, 0.29) is 5.69 Å². The molecule has 3 aromatic carbocycles. The molecule has 0 amide bonds. The Morgan fingerprint density at radius 2 is 1.65 bits per heavy atom. The van der Waals surface area contributed by atoms with Crippen LogP contribution in [0.1, 0.15) is 11.1 Å². The molecule has 0 saturated carbocycles. The maximum absolute atomic E-state index is 11.0. The van der Waals surface area contributed by atoms with Crippen molar-refractivity contribution in [1.29, 1.82) is 0 Å². The second-order valence-electron chi connectivity index (χ2n) is 5.46. The minimum absolute atomic E-state index is 0.0294. The highest BCUT2D eigenvalue weighted by Crippen LogP contribution is 2.23. The number of para-hydroxylation sites is 3. The molecule has 3 aromatic rings. The summed E-state index contributed by atoms with van der Waals surface area (Å²) >= 11 is 0. The van der Waals surface area contributed by atoms with E-state index in [9.17, 15) is 10.1 Å². The van der Waals surface area contributed by atoms with E-state index in [1.165, 1.54) is 6.07 Å². The average molecular weight is 347 g/mol. The monoisotopic (exact) mass is 347 g/mol. The molecule has 0 aromatic heterocycles. The predicted octanol–water partition coefficient (Wildman–Crippen LogP) is 4.62. The fourth-order valence-electron chi connectivity index (χ4n) is 2.35. The maximum atomic E-state index is 11.0. The molecule has 0 aliphatic carbocycles. The molecule has 0 radical (unpaired) electrons. The summed E-state index contributed by atoms with van der Waals surface area (Å²) in [4.78, 5) is 10.6. The molecule has 0 aliphatic heterocycles. The number of hydrogen-bond donors (Lipinski definition) is 1. The van der Waals surface area contributed by atoms with Gasteiger partial charge in [-0.2, -0.15) is 5.10 Å². The van der Waals surface area contributed by atoms with Gasteiger partial charge in [-0.05, 0) is 23.8 Å². The molecule has 0 unspecified atom stereocenters. The smallest absolute Gasteiger partial charge is 0.294 e. The van der Waals surface area contributed by atoms with Crippen LogP contribution in [0.5, 0.6) is 5.75 Å². The van der Waals surface area contributed by atoms with Crippen molar-refractivity contribution in [3.05, 3.63) is 100 Å². The van der Waals surface area contributed by atoms with Crippen LogP contribution in [0.15, 0.2) is 84.0 Å². The standard InChI is InChI=1S/C20H17N3O3/c24-23(25)19-12-6-5-11-18(19)22-21-14-17-10-4-7-13-20(17)26-15-16-8-2-1-3-9-16/h1-14,22H,15H2/b21-14-. The van der Waals surface area contributed by atoms with Crippen molar-refractivity contribution in [2.45, 2.75) is 6.61 Å². The SMILES string of the molecule is O=[N+]([O-])c1ccccc1N/N=C\c1ccccc1OCc1ccccc1. The number of anilines is 1. The van der Waals surface area contributed by atoms with Crippen molar-refractivity contribution in [2.75, 3.05) is 5.43 Å². The fourth-order valence-corrected chi connectivity index (χ4v) is 2.35. The van der Waals surface area contributed by atoms with Gasteiger partial charge in [0.2, 0.25) is 0 Å². The summed E-state index contributed by atoms with van der Waals surface area (Å²) in [6.45, 7) is 0.448. The molecule has 0 atom stereocenters. The lowest BCUT2D eigenvalue weighted by Gasteiger charge is -2.09. The molecule has 0 fully saturated rings. The first-order chi connectivity index (χ1) is 12.7. The number of hydrazone groups is 1. The van der Waals surface area contributed by atoms with Crippen LogP contribution in [-0.4, -0.2) is 11.1 Å². The van der Waals surface area contributed by atoms with Crippen molar-refractivity contribution in [3.63, 3.8) is 0 Å². The van der Waals surface area contributed by atoms with Gasteiger partial charge in [-0.3, -0.25) is 15.5 Å². The van der Waals surface area contributed by atoms with E-state index in [1.807, 2.05) is 54.6 Å². The van der Waals surface area contributed by atoms with E-state index in [0.717, 1.165) is 11.1 Å². The number of ether oxygens (including phenoxy) is 1. The first-order valence-corrected chi connectivity index (χ1v) is 8.02. The third-order valence-corrected chi connectivity index (χ3v) is 3.65. The van der Waals surface area contributed by atoms with Crippen LogP contribution in [0.2, 0.25) is 0 Å². The van der Waals surface area contributed by atoms with Gasteiger partial charge in [0, 0.05) is 11.6 Å². The zero-order chi connectivity index (χ0) is 18.2. The lowest BCUT2D eigenvalue weighted by atomic mass is 10.2. The molecule has 26 heavy (non-hydrogen) atoms. The predicted molar refractivity (Wildman–Crippen MR) is 102 cm³/mol. The Morgan fingerprint density at radius 1 is 0.962 bits per heavy atom. The summed E-state index contributed by atoms with van der Waals surface area (Å²) in [5.74, 6) is 0.685. The van der Waals surface area contributed by atoms with Gasteiger partial charge in [0.15, 0.2) is 0 Å². The normalized spacial score (nSPS) is 10.6. The Hall–Kier alpha value is -3.67. The third-order valence-electron chi connectivity index (χ3n) is 3.65. The molecule has 0 bridgehead atoms. The maximum Gasteiger partial charge on any atom is 0.294 e. The Kier molecular flexibility index (Phi) is 5.57. The van der Waals surface area contributed by atoms with Gasteiger partial charge in [-0.1, -0.05) is 54.6 Å². The highest BCUT2D eigenvalue weighted by Gasteiger charge is 2.11. The minimum Gasteiger partial charge on any atom is -0.488 e. The number of nitro benzene ring substituents is 1. The number of nitrogens with zero attached hydrogens (tertiary/aromatic N) is 2. The van der Waals surface area contributed by atoms with Crippen molar-refractivity contribution >= 4 is 17.6 Å². The Morgan fingerprint density at radius 3 is 2.46 bits per heavy atom. The van der Waals surface area contributed by atoms with E-state index in [4.69, 9.17) is 4.74 Å². The Labute approximate surface area is 150 Å². The van der Waals surface area contributed by atoms with E-state index in [1.54, 1.807) is 24.4 Å². The molecule has 130 valence electrons. The largest absolute Gasteiger partial charge is 0.488 e. The molecule has 0 heterocycles. The van der Waals surface area contributed by atoms with Crippen molar-refractivity contribution in [1.82, 2.24) is 0 Å². The highest BCUT2D eigenvalue weighted by atomic mass is 16.6. The van der Waals surface area contributed by atoms with Gasteiger partial charge in [0.05, 0.1) is 11.1 Å². The highest BCUT2D eigenvalue weighted by molar-refractivity contribution is 5.84. The summed E-state index contributed by atoms with van der Waals surface area (Å²) in [5, 5.41) is 15.1. The molecule has 3 rings (SSSR count). The summed E-state index contributed by atoms with van der Waals surface area (Å²) in [6.07, 6.45) is 1.58. The van der Waals surface area contributed by atoms with Crippen molar-refractivity contribution < 1.29 is 9.66 Å². The van der Waals surface area contributed by atoms with Crippen LogP contribution < -0.4 is 10.2 Å². The number of rotatable bonds is 7. The number of nitro groups is 1. The summed E-state index contributed by atoms with van der Waals surface area (Å²) in [5.41, 5.74) is 4.86. The van der Waals surface area contributed by atoms with Crippen LogP contribution in [0.4, 0.5) is 11.4 Å². The molecule has 6 nitrogen and oxygen atoms in total. The molecule has 0 aliphatic rings. The van der Waals surface area contributed by atoms with Gasteiger partial charge in [-0.25, -0.2) is 0 Å². The summed E-state index contributed by atoms with van der Waals surface area (Å²) < 4.78 is 5.86. The topological polar surface area (TPSA) is 76.8 Å².